The fourth-order valence-corrected chi connectivity index (χ4v) is 2.25. The molecule has 1 atom stereocenters. The van der Waals surface area contributed by atoms with Crippen molar-refractivity contribution in [2.45, 2.75) is 11.8 Å². The number of fused-ring (bicyclic) bond motifs is 1. The number of phenolic OH excluding ortho intramolecular Hbond substituents is 1. The largest absolute Gasteiger partial charge is 0.504 e. The molecule has 0 fully saturated rings. The van der Waals surface area contributed by atoms with Gasteiger partial charge in [-0.05, 0) is 25.1 Å². The molecule has 0 radical (unpaired) electrons. The first-order valence-corrected chi connectivity index (χ1v) is 5.89. The molecule has 0 aliphatic heterocycles. The van der Waals surface area contributed by atoms with E-state index >= 15 is 0 Å². The topological polar surface area (TPSA) is 70.4 Å². The highest BCUT2D eigenvalue weighted by Crippen LogP contribution is 2.34. The van der Waals surface area contributed by atoms with Gasteiger partial charge in [0, 0.05) is 11.1 Å². The molecule has 1 unspecified atom stereocenters. The van der Waals surface area contributed by atoms with E-state index in [9.17, 15) is 9.32 Å². The van der Waals surface area contributed by atoms with Crippen molar-refractivity contribution in [3.8, 4) is 5.75 Å². The maximum atomic E-state index is 11.0. The third-order valence-corrected chi connectivity index (χ3v) is 3.20. The third-order valence-electron chi connectivity index (χ3n) is 2.20. The van der Waals surface area contributed by atoms with Crippen molar-refractivity contribution in [3.63, 3.8) is 0 Å². The highest BCUT2D eigenvalue weighted by atomic mass is 35.5. The van der Waals surface area contributed by atoms with Crippen LogP contribution in [0.1, 0.15) is 5.69 Å². The first-order valence-electron chi connectivity index (χ1n) is 4.40. The molecule has 2 rings (SSSR count). The minimum Gasteiger partial charge on any atom is -0.504 e. The number of halogens is 1. The minimum atomic E-state index is -2.29. The van der Waals surface area contributed by atoms with E-state index in [4.69, 9.17) is 16.2 Å². The number of aromatic nitrogens is 1. The molecule has 1 heterocycles. The number of aromatic hydroxyl groups is 1. The van der Waals surface area contributed by atoms with E-state index in [1.54, 1.807) is 19.1 Å². The number of nitrogens with zero attached hydrogens (tertiary/aromatic N) is 1. The van der Waals surface area contributed by atoms with E-state index in [0.29, 0.717) is 11.1 Å². The second kappa shape index (κ2) is 4.01. The summed E-state index contributed by atoms with van der Waals surface area (Å²) in [5, 5.41) is 10.6. The normalized spacial score (nSPS) is 12.9. The van der Waals surface area contributed by atoms with Gasteiger partial charge in [-0.2, -0.15) is 0 Å². The Morgan fingerprint density at radius 2 is 2.12 bits per heavy atom. The van der Waals surface area contributed by atoms with E-state index in [1.165, 1.54) is 6.07 Å². The Bertz CT molecular complexity index is 600. The minimum absolute atomic E-state index is 0.129. The van der Waals surface area contributed by atoms with Gasteiger partial charge in [0.15, 0.2) is 16.8 Å². The molecule has 6 heteroatoms. The molecule has 1 aromatic heterocycles. The average Bonchev–Trinajstić information content (AvgIpc) is 2.22. The predicted molar refractivity (Wildman–Crippen MR) is 62.2 cm³/mol. The Labute approximate surface area is 99.2 Å². The van der Waals surface area contributed by atoms with Gasteiger partial charge in [-0.3, -0.25) is 0 Å². The van der Waals surface area contributed by atoms with Gasteiger partial charge in [0.25, 0.3) is 0 Å². The molecular formula is C10H8ClNO3S. The molecule has 1 aromatic carbocycles. The van der Waals surface area contributed by atoms with E-state index in [2.05, 4.69) is 4.98 Å². The van der Waals surface area contributed by atoms with Gasteiger partial charge in [0.05, 0.1) is 5.02 Å². The van der Waals surface area contributed by atoms with E-state index in [1.807, 2.05) is 0 Å². The van der Waals surface area contributed by atoms with Crippen molar-refractivity contribution >= 4 is 33.6 Å². The first kappa shape index (κ1) is 11.3. The van der Waals surface area contributed by atoms with Gasteiger partial charge in [0.2, 0.25) is 0 Å². The summed E-state index contributed by atoms with van der Waals surface area (Å²) in [5.41, 5.74) is 0.935. The van der Waals surface area contributed by atoms with Crippen molar-refractivity contribution in [1.82, 2.24) is 4.98 Å². The van der Waals surface area contributed by atoms with Crippen LogP contribution in [0.4, 0.5) is 0 Å². The van der Waals surface area contributed by atoms with Crippen LogP contribution in [0.25, 0.3) is 10.9 Å². The summed E-state index contributed by atoms with van der Waals surface area (Å²) < 4.78 is 20.0. The lowest BCUT2D eigenvalue weighted by atomic mass is 10.2. The summed E-state index contributed by atoms with van der Waals surface area (Å²) in [4.78, 5) is 3.97. The number of hydrogen-bond acceptors (Lipinski definition) is 3. The molecule has 0 spiro atoms. The van der Waals surface area contributed by atoms with Crippen molar-refractivity contribution in [2.75, 3.05) is 0 Å². The van der Waals surface area contributed by atoms with Crippen LogP contribution >= 0.6 is 11.6 Å². The van der Waals surface area contributed by atoms with Crippen LogP contribution in [-0.4, -0.2) is 18.9 Å². The van der Waals surface area contributed by atoms with Gasteiger partial charge in [-0.1, -0.05) is 11.6 Å². The zero-order valence-corrected chi connectivity index (χ0v) is 9.84. The second-order valence-electron chi connectivity index (χ2n) is 3.30. The molecule has 2 aromatic rings. The quantitative estimate of drug-likeness (QED) is 0.770. The maximum Gasteiger partial charge on any atom is 0.190 e. The molecular weight excluding hydrogens is 250 g/mol. The summed E-state index contributed by atoms with van der Waals surface area (Å²) in [6, 6.07) is 4.74. The Kier molecular flexibility index (Phi) is 2.84. The van der Waals surface area contributed by atoms with E-state index in [-0.39, 0.29) is 21.2 Å². The lowest BCUT2D eigenvalue weighted by Crippen LogP contribution is -1.93. The number of hydrogen-bond donors (Lipinski definition) is 2. The summed E-state index contributed by atoms with van der Waals surface area (Å²) in [7, 11) is 0. The van der Waals surface area contributed by atoms with Crippen LogP contribution in [0.2, 0.25) is 5.02 Å². The average molecular weight is 258 g/mol. The summed E-state index contributed by atoms with van der Waals surface area (Å²) in [6.45, 7) is 1.76. The van der Waals surface area contributed by atoms with Gasteiger partial charge in [-0.15, -0.1) is 0 Å². The molecule has 84 valence electrons. The number of benzene rings is 1. The molecule has 2 N–H and O–H groups in total. The molecule has 0 saturated carbocycles. The molecule has 16 heavy (non-hydrogen) atoms. The lowest BCUT2D eigenvalue weighted by molar-refractivity contribution is 0.462. The Hall–Kier alpha value is -1.17. The van der Waals surface area contributed by atoms with Crippen LogP contribution in [0.3, 0.4) is 0 Å². The van der Waals surface area contributed by atoms with Gasteiger partial charge in [0.1, 0.15) is 10.4 Å². The SMILES string of the molecule is Cc1ccc2c(Cl)cc(S(=O)O)c(O)c2n1. The van der Waals surface area contributed by atoms with Crippen molar-refractivity contribution in [3.05, 3.63) is 28.9 Å². The predicted octanol–water partition coefficient (Wildman–Crippen LogP) is 2.48. The van der Waals surface area contributed by atoms with Crippen LogP contribution in [0.15, 0.2) is 23.1 Å². The molecule has 0 aliphatic carbocycles. The first-order chi connectivity index (χ1) is 7.50. The monoisotopic (exact) mass is 257 g/mol. The maximum absolute atomic E-state index is 11.0. The zero-order chi connectivity index (χ0) is 11.9. The number of aryl methyl sites for hydroxylation is 1. The second-order valence-corrected chi connectivity index (χ2v) is 4.65. The highest BCUT2D eigenvalue weighted by molar-refractivity contribution is 7.79. The molecule has 0 bridgehead atoms. The fourth-order valence-electron chi connectivity index (χ4n) is 1.44. The van der Waals surface area contributed by atoms with Gasteiger partial charge >= 0.3 is 0 Å². The lowest BCUT2D eigenvalue weighted by Gasteiger charge is -2.06. The van der Waals surface area contributed by atoms with Crippen molar-refractivity contribution < 1.29 is 13.9 Å². The van der Waals surface area contributed by atoms with Crippen molar-refractivity contribution in [1.29, 1.82) is 0 Å². The number of phenols is 1. The fraction of sp³-hybridized carbons (Fsp3) is 0.100. The standard InChI is InChI=1S/C10H8ClNO3S/c1-5-2-3-6-7(11)4-8(16(14)15)10(13)9(6)12-5/h2-4,13H,1H3,(H,14,15). The van der Waals surface area contributed by atoms with E-state index < -0.39 is 11.1 Å². The van der Waals surface area contributed by atoms with Gasteiger partial charge in [-0.25, -0.2) is 9.19 Å². The number of pyridine rings is 1. The molecule has 0 saturated heterocycles. The Morgan fingerprint density at radius 3 is 2.75 bits per heavy atom. The van der Waals surface area contributed by atoms with Crippen molar-refractivity contribution in [2.24, 2.45) is 0 Å². The zero-order valence-electron chi connectivity index (χ0n) is 8.27. The smallest absolute Gasteiger partial charge is 0.190 e. The van der Waals surface area contributed by atoms with E-state index in [0.717, 1.165) is 0 Å². The summed E-state index contributed by atoms with van der Waals surface area (Å²) in [6.07, 6.45) is 0. The molecule has 0 amide bonds. The molecule has 0 aliphatic rings. The van der Waals surface area contributed by atoms with Crippen LogP contribution in [-0.2, 0) is 11.1 Å². The van der Waals surface area contributed by atoms with Crippen LogP contribution in [0.5, 0.6) is 5.75 Å². The summed E-state index contributed by atoms with van der Waals surface area (Å²) >= 11 is 3.65. The molecule has 4 nitrogen and oxygen atoms in total. The van der Waals surface area contributed by atoms with Crippen LogP contribution < -0.4 is 0 Å². The van der Waals surface area contributed by atoms with Gasteiger partial charge < -0.3 is 9.66 Å². The Balaban J connectivity index is 2.91. The third kappa shape index (κ3) is 1.77. The highest BCUT2D eigenvalue weighted by Gasteiger charge is 2.15. The Morgan fingerprint density at radius 1 is 1.44 bits per heavy atom. The van der Waals surface area contributed by atoms with Crippen LogP contribution in [0, 0.1) is 6.92 Å². The summed E-state index contributed by atoms with van der Waals surface area (Å²) in [5.74, 6) is -0.302. The number of rotatable bonds is 1.